The number of aromatic nitrogens is 2. The molecule has 0 aliphatic rings. The minimum absolute atomic E-state index is 0.0124. The number of nitrogens with zero attached hydrogens (tertiary/aromatic N) is 2. The largest absolute Gasteiger partial charge is 0.322 e. The maximum absolute atomic E-state index is 12.9. The number of sulfonamides is 1. The number of carbonyl (C=O) groups is 2. The van der Waals surface area contributed by atoms with Gasteiger partial charge < -0.3 is 5.32 Å². The van der Waals surface area contributed by atoms with Crippen molar-refractivity contribution in [3.63, 3.8) is 0 Å². The number of amides is 1. The van der Waals surface area contributed by atoms with Crippen LogP contribution in [-0.4, -0.2) is 30.3 Å². The highest BCUT2D eigenvalue weighted by Crippen LogP contribution is 2.22. The molecule has 0 bridgehead atoms. The minimum atomic E-state index is -3.85. The molecule has 0 aliphatic heterocycles. The number of anilines is 2. The summed E-state index contributed by atoms with van der Waals surface area (Å²) in [5.41, 5.74) is 1.36. The predicted molar refractivity (Wildman–Crippen MR) is 131 cm³/mol. The molecule has 1 amide bonds. The number of hydrogen-bond acceptors (Lipinski definition) is 7. The van der Waals surface area contributed by atoms with Gasteiger partial charge >= 0.3 is 0 Å². The summed E-state index contributed by atoms with van der Waals surface area (Å²) in [7, 11) is -3.85. The van der Waals surface area contributed by atoms with Crippen molar-refractivity contribution in [1.82, 2.24) is 10.2 Å². The summed E-state index contributed by atoms with van der Waals surface area (Å²) >= 11 is 1.17. The van der Waals surface area contributed by atoms with Crippen LogP contribution in [0.5, 0.6) is 0 Å². The Balaban J connectivity index is 1.50. The molecule has 34 heavy (non-hydrogen) atoms. The van der Waals surface area contributed by atoms with Crippen molar-refractivity contribution >= 4 is 43.9 Å². The number of aryl methyl sites for hydroxylation is 1. The minimum Gasteiger partial charge on any atom is -0.322 e. The van der Waals surface area contributed by atoms with Crippen LogP contribution in [-0.2, 0) is 16.4 Å². The van der Waals surface area contributed by atoms with E-state index in [9.17, 15) is 18.0 Å². The summed E-state index contributed by atoms with van der Waals surface area (Å²) in [6.45, 7) is 1.90. The van der Waals surface area contributed by atoms with Crippen LogP contribution in [0.4, 0.5) is 10.8 Å². The molecule has 0 aliphatic carbocycles. The highest BCUT2D eigenvalue weighted by Gasteiger charge is 2.19. The van der Waals surface area contributed by atoms with E-state index in [1.807, 2.05) is 13.0 Å². The van der Waals surface area contributed by atoms with Crippen molar-refractivity contribution in [3.05, 3.63) is 101 Å². The van der Waals surface area contributed by atoms with E-state index in [0.29, 0.717) is 17.7 Å². The van der Waals surface area contributed by atoms with Crippen LogP contribution in [0.15, 0.2) is 83.8 Å². The van der Waals surface area contributed by atoms with Crippen molar-refractivity contribution in [2.45, 2.75) is 18.2 Å². The smallest absolute Gasteiger partial charge is 0.263 e. The molecule has 8 nitrogen and oxygen atoms in total. The zero-order valence-corrected chi connectivity index (χ0v) is 19.7. The van der Waals surface area contributed by atoms with Gasteiger partial charge in [-0.25, -0.2) is 8.42 Å². The summed E-state index contributed by atoms with van der Waals surface area (Å²) in [6, 6.07) is 21.0. The van der Waals surface area contributed by atoms with E-state index < -0.39 is 15.9 Å². The van der Waals surface area contributed by atoms with Gasteiger partial charge in [-0.2, -0.15) is 0 Å². The van der Waals surface area contributed by atoms with Crippen LogP contribution in [0.25, 0.3) is 0 Å². The lowest BCUT2D eigenvalue weighted by molar-refractivity contribution is 0.0996. The van der Waals surface area contributed by atoms with Gasteiger partial charge in [0.05, 0.1) is 10.5 Å². The molecule has 0 radical (unpaired) electrons. The number of carbonyl (C=O) groups excluding carboxylic acids is 2. The second kappa shape index (κ2) is 9.94. The molecule has 0 unspecified atom stereocenters. The molecule has 0 saturated heterocycles. The Kier molecular flexibility index (Phi) is 6.80. The molecule has 3 aromatic carbocycles. The van der Waals surface area contributed by atoms with E-state index >= 15 is 0 Å². The molecule has 4 aromatic rings. The van der Waals surface area contributed by atoms with Gasteiger partial charge in [0.15, 0.2) is 5.78 Å². The Morgan fingerprint density at radius 3 is 2.15 bits per heavy atom. The Hall–Kier alpha value is -3.89. The van der Waals surface area contributed by atoms with Crippen LogP contribution in [0.1, 0.15) is 38.2 Å². The summed E-state index contributed by atoms with van der Waals surface area (Å²) in [5, 5.41) is 11.4. The zero-order valence-electron chi connectivity index (χ0n) is 18.1. The van der Waals surface area contributed by atoms with Gasteiger partial charge in [0.1, 0.15) is 5.01 Å². The summed E-state index contributed by atoms with van der Waals surface area (Å²) < 4.78 is 27.6. The number of rotatable bonds is 8. The second-order valence-corrected chi connectivity index (χ2v) is 9.92. The highest BCUT2D eigenvalue weighted by atomic mass is 32.2. The van der Waals surface area contributed by atoms with E-state index in [4.69, 9.17) is 0 Å². The van der Waals surface area contributed by atoms with Gasteiger partial charge in [0.25, 0.3) is 15.9 Å². The predicted octanol–water partition coefficient (Wildman–Crippen LogP) is 4.38. The Morgan fingerprint density at radius 1 is 0.853 bits per heavy atom. The lowest BCUT2D eigenvalue weighted by Crippen LogP contribution is -2.17. The Bertz CT molecular complexity index is 1430. The molecule has 172 valence electrons. The fraction of sp³-hybridized carbons (Fsp3) is 0.0833. The second-order valence-electron chi connectivity index (χ2n) is 7.18. The van der Waals surface area contributed by atoms with Gasteiger partial charge in [0.2, 0.25) is 5.13 Å². The van der Waals surface area contributed by atoms with E-state index in [0.717, 1.165) is 5.01 Å². The first kappa shape index (κ1) is 23.3. The van der Waals surface area contributed by atoms with Crippen LogP contribution >= 0.6 is 11.3 Å². The average Bonchev–Trinajstić information content (AvgIpc) is 3.31. The van der Waals surface area contributed by atoms with Crippen molar-refractivity contribution in [1.29, 1.82) is 0 Å². The Labute approximate surface area is 200 Å². The first-order chi connectivity index (χ1) is 16.4. The van der Waals surface area contributed by atoms with Crippen molar-refractivity contribution in [2.24, 2.45) is 0 Å². The van der Waals surface area contributed by atoms with Crippen LogP contribution < -0.4 is 10.0 Å². The quantitative estimate of drug-likeness (QED) is 0.352. The third-order valence-corrected chi connectivity index (χ3v) is 7.33. The SMILES string of the molecule is CCc1nnc(NS(=O)(=O)c2ccc(NC(=O)c3ccccc3C(=O)c3ccccc3)cc2)s1. The molecule has 10 heteroatoms. The summed E-state index contributed by atoms with van der Waals surface area (Å²) in [6.07, 6.45) is 0.661. The molecular weight excluding hydrogens is 472 g/mol. The van der Waals surface area contributed by atoms with Gasteiger partial charge in [-0.1, -0.05) is 66.8 Å². The number of benzene rings is 3. The monoisotopic (exact) mass is 492 g/mol. The summed E-state index contributed by atoms with van der Waals surface area (Å²) in [5.74, 6) is -0.739. The third kappa shape index (κ3) is 5.19. The standard InChI is InChI=1S/C24H20N4O4S2/c1-2-21-26-27-24(33-21)28-34(31,32)18-14-12-17(13-15-18)25-23(30)20-11-7-6-10-19(20)22(29)16-8-4-3-5-9-16/h3-15H,2H2,1H3,(H,25,30)(H,27,28). The van der Waals surface area contributed by atoms with E-state index in [1.54, 1.807) is 48.5 Å². The van der Waals surface area contributed by atoms with E-state index in [2.05, 4.69) is 20.2 Å². The number of nitrogens with one attached hydrogen (secondary N) is 2. The first-order valence-electron chi connectivity index (χ1n) is 10.3. The summed E-state index contributed by atoms with van der Waals surface area (Å²) in [4.78, 5) is 25.8. The van der Waals surface area contributed by atoms with Crippen molar-refractivity contribution < 1.29 is 18.0 Å². The van der Waals surface area contributed by atoms with Gasteiger partial charge in [-0.15, -0.1) is 10.2 Å². The van der Waals surface area contributed by atoms with Crippen LogP contribution in [0, 0.1) is 0 Å². The number of hydrogen-bond donors (Lipinski definition) is 2. The molecule has 2 N–H and O–H groups in total. The van der Waals surface area contributed by atoms with Crippen LogP contribution in [0.3, 0.4) is 0 Å². The van der Waals surface area contributed by atoms with E-state index in [1.165, 1.54) is 35.6 Å². The van der Waals surface area contributed by atoms with Crippen molar-refractivity contribution in [2.75, 3.05) is 10.0 Å². The average molecular weight is 493 g/mol. The fourth-order valence-electron chi connectivity index (χ4n) is 3.15. The van der Waals surface area contributed by atoms with E-state index in [-0.39, 0.29) is 26.9 Å². The maximum atomic E-state index is 12.9. The number of ketones is 1. The molecular formula is C24H20N4O4S2. The fourth-order valence-corrected chi connectivity index (χ4v) is 5.06. The van der Waals surface area contributed by atoms with Gasteiger partial charge in [-0.3, -0.25) is 14.3 Å². The topological polar surface area (TPSA) is 118 Å². The lowest BCUT2D eigenvalue weighted by atomic mass is 9.98. The van der Waals surface area contributed by atoms with Gasteiger partial charge in [-0.05, 0) is 36.8 Å². The molecule has 4 rings (SSSR count). The zero-order chi connectivity index (χ0) is 24.1. The molecule has 0 fully saturated rings. The van der Waals surface area contributed by atoms with Crippen LogP contribution in [0.2, 0.25) is 0 Å². The normalized spacial score (nSPS) is 11.1. The molecule has 1 aromatic heterocycles. The highest BCUT2D eigenvalue weighted by molar-refractivity contribution is 7.93. The molecule has 0 spiro atoms. The lowest BCUT2D eigenvalue weighted by Gasteiger charge is -2.11. The molecule has 1 heterocycles. The van der Waals surface area contributed by atoms with Crippen molar-refractivity contribution in [3.8, 4) is 0 Å². The first-order valence-corrected chi connectivity index (χ1v) is 12.6. The maximum Gasteiger partial charge on any atom is 0.263 e. The molecule has 0 atom stereocenters. The van der Waals surface area contributed by atoms with Gasteiger partial charge in [0, 0.05) is 16.8 Å². The Morgan fingerprint density at radius 2 is 1.50 bits per heavy atom. The third-order valence-electron chi connectivity index (χ3n) is 4.87. The molecule has 0 saturated carbocycles.